The quantitative estimate of drug-likeness (QED) is 0.0622. The Morgan fingerprint density at radius 1 is 0.690 bits per heavy atom. The highest BCUT2D eigenvalue weighted by atomic mass is 32.1. The number of nitrogens with one attached hydrogen (secondary N) is 1. The molecule has 1 aromatic carbocycles. The summed E-state index contributed by atoms with van der Waals surface area (Å²) in [4.78, 5) is 81.1. The van der Waals surface area contributed by atoms with Gasteiger partial charge < -0.3 is 43.8 Å². The number of nitrogens with zero attached hydrogens (tertiary/aromatic N) is 10. The minimum atomic E-state index is -0.504. The lowest BCUT2D eigenvalue weighted by molar-refractivity contribution is 0.0194. The van der Waals surface area contributed by atoms with Crippen molar-refractivity contribution >= 4 is 78.4 Å². The van der Waals surface area contributed by atoms with E-state index < -0.39 is 16.8 Å². The van der Waals surface area contributed by atoms with E-state index in [1.165, 1.54) is 11.3 Å². The second kappa shape index (κ2) is 28.7. The van der Waals surface area contributed by atoms with E-state index >= 15 is 0 Å². The van der Waals surface area contributed by atoms with Crippen molar-refractivity contribution < 1.29 is 47.7 Å². The number of likely N-dealkylation sites (tertiary alicyclic amines) is 3. The average molecular weight is 1210 g/mol. The molecule has 8 heterocycles. The van der Waals surface area contributed by atoms with Gasteiger partial charge in [-0.05, 0) is 125 Å². The summed E-state index contributed by atoms with van der Waals surface area (Å²) in [5.74, 6) is 4.39. The Bertz CT molecular complexity index is 3200. The maximum absolute atomic E-state index is 13.0. The molecule has 5 aromatic heterocycles. The van der Waals surface area contributed by atoms with Crippen LogP contribution in [0.2, 0.25) is 0 Å². The number of hydrogen-bond donors (Lipinski definition) is 2. The first-order valence-corrected chi connectivity index (χ1v) is 30.3. The molecular weight excluding hydrogens is 1130 g/mol. The number of thiazole rings is 3. The van der Waals surface area contributed by atoms with Gasteiger partial charge in [0.25, 0.3) is 14.0 Å². The van der Waals surface area contributed by atoms with Crippen molar-refractivity contribution in [3.63, 3.8) is 0 Å². The zero-order valence-corrected chi connectivity index (χ0v) is 52.8. The Balaban J connectivity index is 0.000000224. The number of anilines is 1. The number of ether oxygens (including phenoxy) is 3. The highest BCUT2D eigenvalue weighted by Crippen LogP contribution is 2.36. The molecule has 450 valence electrons. The number of terminal acetylenes is 1. The van der Waals surface area contributed by atoms with Gasteiger partial charge in [0.05, 0.1) is 47.7 Å². The number of hydrogen-bond acceptors (Lipinski definition) is 19. The summed E-state index contributed by atoms with van der Waals surface area (Å²) in [5, 5.41) is 25.1. The van der Waals surface area contributed by atoms with Crippen molar-refractivity contribution in [2.24, 2.45) is 0 Å². The highest BCUT2D eigenvalue weighted by Gasteiger charge is 2.32. The summed E-state index contributed by atoms with van der Waals surface area (Å²) in [6.07, 6.45) is 17.7. The van der Waals surface area contributed by atoms with Crippen molar-refractivity contribution in [2.45, 2.75) is 169 Å². The molecule has 25 heteroatoms. The molecule has 9 rings (SSSR count). The molecule has 6 aromatic rings. The van der Waals surface area contributed by atoms with Crippen LogP contribution in [0.4, 0.5) is 20.2 Å². The topological polar surface area (TPSA) is 250 Å². The minimum absolute atomic E-state index is 0.212. The highest BCUT2D eigenvalue weighted by molar-refractivity contribution is 7.15. The summed E-state index contributed by atoms with van der Waals surface area (Å²) in [6.45, 7) is 29.0. The molecule has 21 nitrogen and oxygen atoms in total. The fourth-order valence-corrected chi connectivity index (χ4v) is 11.8. The van der Waals surface area contributed by atoms with E-state index in [1.807, 2.05) is 108 Å². The molecule has 3 fully saturated rings. The van der Waals surface area contributed by atoms with Crippen molar-refractivity contribution in [3.05, 3.63) is 90.7 Å². The molecule has 2 radical (unpaired) electrons. The first-order chi connectivity index (χ1) is 39.5. The van der Waals surface area contributed by atoms with E-state index in [1.54, 1.807) is 72.6 Å². The van der Waals surface area contributed by atoms with Crippen LogP contribution in [0, 0.1) is 19.3 Å². The van der Waals surface area contributed by atoms with Gasteiger partial charge in [0.1, 0.15) is 28.3 Å². The SMILES string of the molecule is C#Cc1cnc(C2CCN(C(=O)OC(C)(C)C)CC2)s1.CC(C)(C)OC(=O)N1CCC(c2ncc(C=O)s2)CC1.Cc1ccc(C(=O)Nc2cc(C(C)(C)C)on2)cc1-n1cc(-c2cnc(C3CCN(C(=O)OC(C)(C)C)CC3)s2)nn1.[B]O. The van der Waals surface area contributed by atoms with Gasteiger partial charge in [0, 0.05) is 86.5 Å². The molecule has 3 saturated heterocycles. The number of aryl methyl sites for hydroxylation is 1. The molecule has 0 aliphatic carbocycles. The summed E-state index contributed by atoms with van der Waals surface area (Å²) in [7, 11) is 3.50. The predicted molar refractivity (Wildman–Crippen MR) is 325 cm³/mol. The number of aromatic nitrogens is 7. The number of piperidine rings is 3. The molecule has 0 saturated carbocycles. The van der Waals surface area contributed by atoms with Gasteiger partial charge in [-0.25, -0.2) is 34.0 Å². The maximum Gasteiger partial charge on any atom is 0.410 e. The Labute approximate surface area is 505 Å². The summed E-state index contributed by atoms with van der Waals surface area (Å²) >= 11 is 4.62. The molecule has 0 bridgehead atoms. The Morgan fingerprint density at radius 2 is 1.15 bits per heavy atom. The Hall–Kier alpha value is -7.01. The van der Waals surface area contributed by atoms with Crippen molar-refractivity contribution in [2.75, 3.05) is 44.6 Å². The molecule has 4 amide bonds. The van der Waals surface area contributed by atoms with Crippen molar-refractivity contribution in [3.8, 4) is 28.6 Å². The molecule has 0 spiro atoms. The predicted octanol–water partition coefficient (Wildman–Crippen LogP) is 11.7. The molecule has 0 unspecified atom stereocenters. The van der Waals surface area contributed by atoms with Crippen LogP contribution in [0.15, 0.2) is 53.6 Å². The summed E-state index contributed by atoms with van der Waals surface area (Å²) < 4.78 is 23.3. The van der Waals surface area contributed by atoms with Gasteiger partial charge in [0.2, 0.25) is 0 Å². The molecule has 3 aliphatic rings. The van der Waals surface area contributed by atoms with E-state index in [9.17, 15) is 24.0 Å². The lowest BCUT2D eigenvalue weighted by Gasteiger charge is -2.32. The third-order valence-corrected chi connectivity index (χ3v) is 16.6. The van der Waals surface area contributed by atoms with Gasteiger partial charge in [0.15, 0.2) is 12.1 Å². The van der Waals surface area contributed by atoms with E-state index in [0.29, 0.717) is 78.8 Å². The standard InChI is InChI=1S/C30H37N7O4S.C15H20N2O2S.C14H20N2O3S.BHO/c1-18-8-9-20(26(38)32-25-15-24(41-34-25)29(2,3)4)14-22(18)37-17-21(33-35-37)23-16-31-27(42-23)19-10-12-36(13-11-19)28(39)40-30(5,6)7;1-5-12-10-16-13(20-12)11-6-8-17(9-7-11)14(18)19-15(2,3)4;1-14(2,3)19-13(18)16-6-4-10(5-7-16)12-15-8-11(9-17)20-12;1-2/h8-9,14-17,19H,10-13H2,1-7H3,(H,32,34,38);1,10-11H,6-9H2,2-4H3;8-10H,4-7H2,1-3H3;2H. The fourth-order valence-electron chi connectivity index (χ4n) is 8.96. The summed E-state index contributed by atoms with van der Waals surface area (Å²) in [5.41, 5.74) is 1.25. The van der Waals surface area contributed by atoms with Crippen LogP contribution in [0.5, 0.6) is 0 Å². The van der Waals surface area contributed by atoms with Crippen LogP contribution in [0.3, 0.4) is 0 Å². The lowest BCUT2D eigenvalue weighted by Crippen LogP contribution is -2.41. The zero-order chi connectivity index (χ0) is 61.7. The monoisotopic (exact) mass is 1210 g/mol. The third-order valence-electron chi connectivity index (χ3n) is 13.3. The zero-order valence-electron chi connectivity index (χ0n) is 50.4. The molecule has 2 N–H and O–H groups in total. The first-order valence-electron chi connectivity index (χ1n) is 27.9. The second-order valence-corrected chi connectivity index (χ2v) is 27.8. The normalized spacial score (nSPS) is 15.5. The number of carbonyl (C=O) groups is 5. The largest absolute Gasteiger partial charge is 0.461 e. The van der Waals surface area contributed by atoms with Crippen LogP contribution in [-0.4, -0.2) is 149 Å². The first kappa shape index (κ1) is 66.1. The molecular formula is C59H78BN11O10S3. The molecule has 0 atom stereocenters. The van der Waals surface area contributed by atoms with Crippen LogP contribution >= 0.6 is 34.0 Å². The van der Waals surface area contributed by atoms with E-state index in [2.05, 4.69) is 49.7 Å². The summed E-state index contributed by atoms with van der Waals surface area (Å²) in [6, 6.07) is 7.17. The second-order valence-electron chi connectivity index (χ2n) is 24.5. The average Bonchev–Trinajstić information content (AvgIpc) is 4.51. The van der Waals surface area contributed by atoms with Gasteiger partial charge in [-0.2, -0.15) is 0 Å². The van der Waals surface area contributed by atoms with Crippen LogP contribution < -0.4 is 5.32 Å². The maximum atomic E-state index is 13.0. The number of aldehydes is 1. The van der Waals surface area contributed by atoms with Crippen LogP contribution in [0.1, 0.15) is 191 Å². The number of benzene rings is 1. The Morgan fingerprint density at radius 3 is 1.58 bits per heavy atom. The van der Waals surface area contributed by atoms with E-state index in [0.717, 1.165) is 80.8 Å². The Kier molecular flexibility index (Phi) is 22.6. The fraction of sp³-hybridized carbons (Fsp3) is 0.542. The van der Waals surface area contributed by atoms with Gasteiger partial charge in [-0.15, -0.1) is 45.5 Å². The number of rotatable bonds is 8. The van der Waals surface area contributed by atoms with Crippen molar-refractivity contribution in [1.82, 2.24) is 49.8 Å². The molecule has 84 heavy (non-hydrogen) atoms. The lowest BCUT2D eigenvalue weighted by atomic mass is 9.93. The van der Waals surface area contributed by atoms with Gasteiger partial charge >= 0.3 is 18.3 Å². The van der Waals surface area contributed by atoms with Gasteiger partial charge in [-0.3, -0.25) is 9.59 Å². The minimum Gasteiger partial charge on any atom is -0.461 e. The third kappa shape index (κ3) is 19.3. The van der Waals surface area contributed by atoms with E-state index in [4.69, 9.17) is 30.2 Å². The van der Waals surface area contributed by atoms with Crippen LogP contribution in [0.25, 0.3) is 16.3 Å². The van der Waals surface area contributed by atoms with Crippen LogP contribution in [-0.2, 0) is 19.6 Å². The van der Waals surface area contributed by atoms with Crippen molar-refractivity contribution in [1.29, 1.82) is 0 Å². The molecule has 3 aliphatic heterocycles. The van der Waals surface area contributed by atoms with E-state index in [-0.39, 0.29) is 35.5 Å². The number of carbonyl (C=O) groups excluding carboxylic acids is 5. The van der Waals surface area contributed by atoms with Gasteiger partial charge in [-0.1, -0.05) is 43.1 Å². The number of amides is 4. The smallest absolute Gasteiger partial charge is 0.410 e.